The molecule has 1 aromatic rings. The Bertz CT molecular complexity index is 529. The van der Waals surface area contributed by atoms with Crippen LogP contribution in [-0.4, -0.2) is 30.7 Å². The lowest BCUT2D eigenvalue weighted by Gasteiger charge is -2.06. The number of nitrogens with one attached hydrogen (secondary N) is 2. The van der Waals surface area contributed by atoms with E-state index in [2.05, 4.69) is 31.8 Å². The summed E-state index contributed by atoms with van der Waals surface area (Å²) < 4.78 is 6.24. The molecule has 0 heterocycles. The topological polar surface area (TPSA) is 79.8 Å². The highest BCUT2D eigenvalue weighted by molar-refractivity contribution is 9.10. The summed E-state index contributed by atoms with van der Waals surface area (Å²) in [5.74, 6) is 0.109. The summed E-state index contributed by atoms with van der Waals surface area (Å²) >= 11 is 3.32. The lowest BCUT2D eigenvalue weighted by molar-refractivity contribution is -0.123. The number of hydrazone groups is 1. The molecule has 0 aliphatic rings. The maximum absolute atomic E-state index is 11.6. The van der Waals surface area contributed by atoms with Crippen molar-refractivity contribution in [3.05, 3.63) is 28.7 Å². The van der Waals surface area contributed by atoms with Crippen molar-refractivity contribution in [2.45, 2.75) is 26.7 Å². The van der Waals surface area contributed by atoms with Gasteiger partial charge in [-0.05, 0) is 37.6 Å². The third kappa shape index (κ3) is 7.78. The Hall–Kier alpha value is -1.89. The summed E-state index contributed by atoms with van der Waals surface area (Å²) in [5.41, 5.74) is 2.89. The zero-order valence-electron chi connectivity index (χ0n) is 12.7. The highest BCUT2D eigenvalue weighted by Gasteiger charge is 2.05. The Labute approximate surface area is 138 Å². The molecule has 7 heteroatoms. The van der Waals surface area contributed by atoms with Crippen LogP contribution in [0.2, 0.25) is 0 Å². The number of rotatable bonds is 8. The van der Waals surface area contributed by atoms with Crippen LogP contribution in [0.15, 0.2) is 33.8 Å². The highest BCUT2D eigenvalue weighted by atomic mass is 79.9. The maximum Gasteiger partial charge on any atom is 0.277 e. The third-order valence-corrected chi connectivity index (χ3v) is 3.07. The van der Waals surface area contributed by atoms with Crippen molar-refractivity contribution in [3.63, 3.8) is 0 Å². The second-order valence-electron chi connectivity index (χ2n) is 4.65. The smallest absolute Gasteiger partial charge is 0.277 e. The molecule has 0 radical (unpaired) electrons. The molecule has 0 saturated carbocycles. The van der Waals surface area contributed by atoms with Crippen molar-refractivity contribution in [1.82, 2.24) is 10.7 Å². The van der Waals surface area contributed by atoms with Gasteiger partial charge in [-0.2, -0.15) is 5.10 Å². The van der Waals surface area contributed by atoms with Gasteiger partial charge in [0.15, 0.2) is 6.61 Å². The van der Waals surface area contributed by atoms with Gasteiger partial charge >= 0.3 is 0 Å². The van der Waals surface area contributed by atoms with E-state index in [9.17, 15) is 9.59 Å². The average molecular weight is 370 g/mol. The Morgan fingerprint density at radius 2 is 1.91 bits per heavy atom. The molecule has 0 saturated heterocycles. The van der Waals surface area contributed by atoms with Crippen molar-refractivity contribution in [2.75, 3.05) is 13.2 Å². The molecule has 120 valence electrons. The molecular weight excluding hydrogens is 350 g/mol. The van der Waals surface area contributed by atoms with Crippen LogP contribution < -0.4 is 15.5 Å². The molecule has 0 aliphatic carbocycles. The monoisotopic (exact) mass is 369 g/mol. The van der Waals surface area contributed by atoms with E-state index in [1.807, 2.05) is 19.1 Å². The fraction of sp³-hybridized carbons (Fsp3) is 0.400. The summed E-state index contributed by atoms with van der Waals surface area (Å²) in [6.45, 7) is 4.16. The molecule has 22 heavy (non-hydrogen) atoms. The second kappa shape index (κ2) is 9.94. The third-order valence-electron chi connectivity index (χ3n) is 2.54. The largest absolute Gasteiger partial charge is 0.484 e. The lowest BCUT2D eigenvalue weighted by atomic mass is 10.3. The summed E-state index contributed by atoms with van der Waals surface area (Å²) in [5, 5.41) is 6.61. The number of ether oxygens (including phenoxy) is 1. The predicted octanol–water partition coefficient (Wildman–Crippen LogP) is 2.24. The van der Waals surface area contributed by atoms with E-state index >= 15 is 0 Å². The number of nitrogens with zero attached hydrogens (tertiary/aromatic N) is 1. The van der Waals surface area contributed by atoms with Gasteiger partial charge in [-0.25, -0.2) is 5.43 Å². The van der Waals surface area contributed by atoms with Crippen LogP contribution in [0.25, 0.3) is 0 Å². The number of amides is 2. The molecule has 2 N–H and O–H groups in total. The van der Waals surface area contributed by atoms with Crippen LogP contribution >= 0.6 is 15.9 Å². The van der Waals surface area contributed by atoms with E-state index in [0.29, 0.717) is 18.0 Å². The standard InChI is InChI=1S/C15H20BrN3O3/c1-3-8-17-14(20)9-11(2)18-19-15(21)10-22-13-6-4-12(16)5-7-13/h4-7H,3,8-10H2,1-2H3,(H,17,20)(H,19,21)/b18-11-. The maximum atomic E-state index is 11.6. The van der Waals surface area contributed by atoms with Crippen LogP contribution in [0.3, 0.4) is 0 Å². The molecule has 0 fully saturated rings. The van der Waals surface area contributed by atoms with Gasteiger partial charge in [-0.1, -0.05) is 22.9 Å². The molecule has 2 amide bonds. The minimum atomic E-state index is -0.378. The van der Waals surface area contributed by atoms with Crippen LogP contribution in [0.1, 0.15) is 26.7 Å². The van der Waals surface area contributed by atoms with E-state index in [0.717, 1.165) is 10.9 Å². The van der Waals surface area contributed by atoms with Gasteiger partial charge < -0.3 is 10.1 Å². The lowest BCUT2D eigenvalue weighted by Crippen LogP contribution is -2.28. The molecule has 6 nitrogen and oxygen atoms in total. The Morgan fingerprint density at radius 3 is 2.55 bits per heavy atom. The number of carbonyl (C=O) groups excluding carboxylic acids is 2. The number of halogens is 1. The first-order valence-corrected chi connectivity index (χ1v) is 7.77. The summed E-state index contributed by atoms with van der Waals surface area (Å²) in [4.78, 5) is 23.1. The zero-order valence-corrected chi connectivity index (χ0v) is 14.3. The summed E-state index contributed by atoms with van der Waals surface area (Å²) in [6, 6.07) is 7.16. The van der Waals surface area contributed by atoms with Crippen molar-refractivity contribution in [2.24, 2.45) is 5.10 Å². The van der Waals surface area contributed by atoms with E-state index in [1.165, 1.54) is 0 Å². The van der Waals surface area contributed by atoms with E-state index in [1.54, 1.807) is 19.1 Å². The molecule has 0 unspecified atom stereocenters. The highest BCUT2D eigenvalue weighted by Crippen LogP contribution is 2.15. The van der Waals surface area contributed by atoms with E-state index in [4.69, 9.17) is 4.74 Å². The van der Waals surface area contributed by atoms with Gasteiger partial charge in [0, 0.05) is 16.7 Å². The molecule has 1 aromatic carbocycles. The fourth-order valence-electron chi connectivity index (χ4n) is 1.47. The van der Waals surface area contributed by atoms with E-state index < -0.39 is 0 Å². The number of hydrogen-bond donors (Lipinski definition) is 2. The number of hydrogen-bond acceptors (Lipinski definition) is 4. The van der Waals surface area contributed by atoms with Crippen LogP contribution in [0.4, 0.5) is 0 Å². The van der Waals surface area contributed by atoms with Gasteiger partial charge in [0.05, 0.1) is 6.42 Å². The fourth-order valence-corrected chi connectivity index (χ4v) is 1.73. The molecule has 0 spiro atoms. The van der Waals surface area contributed by atoms with Crippen LogP contribution in [-0.2, 0) is 9.59 Å². The van der Waals surface area contributed by atoms with Gasteiger partial charge in [0.25, 0.3) is 5.91 Å². The van der Waals surface area contributed by atoms with Gasteiger partial charge in [0.2, 0.25) is 5.91 Å². The summed E-state index contributed by atoms with van der Waals surface area (Å²) in [7, 11) is 0. The SMILES string of the molecule is CCCNC(=O)C/C(C)=N\NC(=O)COc1ccc(Br)cc1. The van der Waals surface area contributed by atoms with Crippen molar-refractivity contribution in [3.8, 4) is 5.75 Å². The Morgan fingerprint density at radius 1 is 1.23 bits per heavy atom. The number of benzene rings is 1. The molecule has 0 aliphatic heterocycles. The van der Waals surface area contributed by atoms with Crippen LogP contribution in [0, 0.1) is 0 Å². The average Bonchev–Trinajstić information content (AvgIpc) is 2.50. The molecule has 0 aromatic heterocycles. The molecule has 1 rings (SSSR count). The number of carbonyl (C=O) groups is 2. The first-order chi connectivity index (χ1) is 10.5. The second-order valence-corrected chi connectivity index (χ2v) is 5.57. The predicted molar refractivity (Wildman–Crippen MR) is 88.8 cm³/mol. The first kappa shape index (κ1) is 18.2. The quantitative estimate of drug-likeness (QED) is 0.544. The summed E-state index contributed by atoms with van der Waals surface area (Å²) in [6.07, 6.45) is 1.04. The molecule has 0 bridgehead atoms. The van der Waals surface area contributed by atoms with Gasteiger partial charge in [-0.15, -0.1) is 0 Å². The minimum Gasteiger partial charge on any atom is -0.484 e. The normalized spacial score (nSPS) is 11.0. The van der Waals surface area contributed by atoms with Crippen LogP contribution in [0.5, 0.6) is 5.75 Å². The first-order valence-electron chi connectivity index (χ1n) is 6.98. The Kier molecular flexibility index (Phi) is 8.21. The minimum absolute atomic E-state index is 0.108. The van der Waals surface area contributed by atoms with E-state index in [-0.39, 0.29) is 24.8 Å². The van der Waals surface area contributed by atoms with Gasteiger partial charge in [-0.3, -0.25) is 9.59 Å². The zero-order chi connectivity index (χ0) is 16.4. The van der Waals surface area contributed by atoms with Crippen molar-refractivity contribution >= 4 is 33.5 Å². The Balaban J connectivity index is 2.30. The molecule has 0 atom stereocenters. The van der Waals surface area contributed by atoms with Crippen molar-refractivity contribution < 1.29 is 14.3 Å². The molecular formula is C15H20BrN3O3. The van der Waals surface area contributed by atoms with Crippen molar-refractivity contribution in [1.29, 1.82) is 0 Å². The van der Waals surface area contributed by atoms with Gasteiger partial charge in [0.1, 0.15) is 5.75 Å².